The molecule has 0 unspecified atom stereocenters. The zero-order valence-corrected chi connectivity index (χ0v) is 11.5. The number of halogens is 1. The van der Waals surface area contributed by atoms with E-state index < -0.39 is 11.5 Å². The Hall–Kier alpha value is -1.80. The molecule has 0 aliphatic carbocycles. The Kier molecular flexibility index (Phi) is 2.91. The van der Waals surface area contributed by atoms with Gasteiger partial charge in [-0.1, -0.05) is 22.0 Å². The minimum Gasteiger partial charge on any atom is -0.464 e. The van der Waals surface area contributed by atoms with E-state index in [1.54, 1.807) is 19.9 Å². The van der Waals surface area contributed by atoms with Crippen LogP contribution in [0.2, 0.25) is 0 Å². The summed E-state index contributed by atoms with van der Waals surface area (Å²) in [6.07, 6.45) is 0.459. The summed E-state index contributed by atoms with van der Waals surface area (Å²) in [5.41, 5.74) is 0.567. The molecule has 2 aromatic rings. The predicted molar refractivity (Wildman–Crippen MR) is 71.7 cm³/mol. The maximum atomic E-state index is 11.2. The first kappa shape index (κ1) is 12.7. The quantitative estimate of drug-likeness (QED) is 0.873. The maximum absolute atomic E-state index is 11.2. The van der Waals surface area contributed by atoms with Gasteiger partial charge in [-0.05, 0) is 31.5 Å². The van der Waals surface area contributed by atoms with Gasteiger partial charge in [-0.3, -0.25) is 4.57 Å². The van der Waals surface area contributed by atoms with Gasteiger partial charge in [-0.25, -0.2) is 4.79 Å². The smallest absolute Gasteiger partial charge is 0.416 e. The Bertz CT molecular complexity index is 680. The van der Waals surface area contributed by atoms with Crippen LogP contribution in [0.5, 0.6) is 0 Å². The van der Waals surface area contributed by atoms with Crippen LogP contribution in [0.3, 0.4) is 0 Å². The van der Waals surface area contributed by atoms with Gasteiger partial charge >= 0.3 is 6.09 Å². The molecule has 0 aliphatic rings. The van der Waals surface area contributed by atoms with Crippen molar-refractivity contribution >= 4 is 32.9 Å². The van der Waals surface area contributed by atoms with Crippen LogP contribution >= 0.6 is 15.9 Å². The van der Waals surface area contributed by atoms with Gasteiger partial charge in [0.1, 0.15) is 0 Å². The molecule has 4 nitrogen and oxygen atoms in total. The Morgan fingerprint density at radius 3 is 2.72 bits per heavy atom. The molecule has 0 amide bonds. The van der Waals surface area contributed by atoms with Gasteiger partial charge in [0.2, 0.25) is 0 Å². The van der Waals surface area contributed by atoms with Crippen molar-refractivity contribution in [3.8, 4) is 6.07 Å². The zero-order chi connectivity index (χ0) is 13.5. The van der Waals surface area contributed by atoms with Crippen molar-refractivity contribution in [2.45, 2.75) is 19.3 Å². The van der Waals surface area contributed by atoms with Crippen LogP contribution in [0.25, 0.3) is 10.9 Å². The van der Waals surface area contributed by atoms with Crippen molar-refractivity contribution in [3.05, 3.63) is 34.4 Å². The van der Waals surface area contributed by atoms with Gasteiger partial charge in [0.15, 0.2) is 0 Å². The second-order valence-corrected chi connectivity index (χ2v) is 5.51. The van der Waals surface area contributed by atoms with Gasteiger partial charge in [0.25, 0.3) is 0 Å². The molecule has 0 saturated heterocycles. The highest BCUT2D eigenvalue weighted by Gasteiger charge is 2.26. The fourth-order valence-corrected chi connectivity index (χ4v) is 2.27. The van der Waals surface area contributed by atoms with Crippen LogP contribution in [0.1, 0.15) is 19.4 Å². The van der Waals surface area contributed by atoms with Gasteiger partial charge in [0.05, 0.1) is 17.0 Å². The van der Waals surface area contributed by atoms with E-state index in [9.17, 15) is 15.2 Å². The molecule has 0 spiro atoms. The number of rotatable bonds is 1. The van der Waals surface area contributed by atoms with E-state index in [2.05, 4.69) is 22.0 Å². The lowest BCUT2D eigenvalue weighted by atomic mass is 9.86. The third kappa shape index (κ3) is 1.89. The minimum absolute atomic E-state index is 0.579. The van der Waals surface area contributed by atoms with Crippen molar-refractivity contribution < 1.29 is 9.90 Å². The molecule has 0 fully saturated rings. The first-order chi connectivity index (χ1) is 8.36. The molecule has 2 rings (SSSR count). The topological polar surface area (TPSA) is 66.0 Å². The Balaban J connectivity index is 2.86. The lowest BCUT2D eigenvalue weighted by Gasteiger charge is -2.13. The lowest BCUT2D eigenvalue weighted by molar-refractivity contribution is 0.197. The van der Waals surface area contributed by atoms with Crippen LogP contribution < -0.4 is 0 Å². The summed E-state index contributed by atoms with van der Waals surface area (Å²) in [5, 5.41) is 19.2. The second-order valence-electron chi connectivity index (χ2n) is 4.59. The molecular formula is C13H11BrN2O2. The summed E-state index contributed by atoms with van der Waals surface area (Å²) in [6.45, 7) is 3.55. The maximum Gasteiger partial charge on any atom is 0.416 e. The highest BCUT2D eigenvalue weighted by atomic mass is 79.9. The third-order valence-corrected chi connectivity index (χ3v) is 3.42. The first-order valence-corrected chi connectivity index (χ1v) is 6.12. The van der Waals surface area contributed by atoms with Crippen molar-refractivity contribution in [2.75, 3.05) is 0 Å². The molecule has 92 valence electrons. The summed E-state index contributed by atoms with van der Waals surface area (Å²) in [6, 6.07) is 7.60. The minimum atomic E-state index is -1.06. The van der Waals surface area contributed by atoms with Crippen molar-refractivity contribution in [1.82, 2.24) is 4.57 Å². The number of nitriles is 1. The normalized spacial score (nSPS) is 11.4. The van der Waals surface area contributed by atoms with Gasteiger partial charge in [0, 0.05) is 16.1 Å². The molecule has 1 aromatic carbocycles. The van der Waals surface area contributed by atoms with Crippen molar-refractivity contribution in [2.24, 2.45) is 0 Å². The van der Waals surface area contributed by atoms with Gasteiger partial charge in [-0.2, -0.15) is 5.26 Å². The molecule has 0 atom stereocenters. The summed E-state index contributed by atoms with van der Waals surface area (Å²) < 4.78 is 1.95. The molecule has 1 aromatic heterocycles. The molecule has 0 aliphatic heterocycles. The summed E-state index contributed by atoms with van der Waals surface area (Å²) in [7, 11) is 0. The Labute approximate surface area is 113 Å². The van der Waals surface area contributed by atoms with E-state index in [1.807, 2.05) is 12.1 Å². The average molecular weight is 307 g/mol. The van der Waals surface area contributed by atoms with Crippen LogP contribution in [-0.4, -0.2) is 15.8 Å². The number of hydrogen-bond donors (Lipinski definition) is 1. The number of hydrogen-bond acceptors (Lipinski definition) is 2. The molecule has 0 radical (unpaired) electrons. The Morgan fingerprint density at radius 2 is 2.17 bits per heavy atom. The van der Waals surface area contributed by atoms with E-state index in [1.165, 1.54) is 6.20 Å². The fraction of sp³-hybridized carbons (Fsp3) is 0.231. The molecular weight excluding hydrogens is 296 g/mol. The predicted octanol–water partition coefficient (Wildman–Crippen LogP) is 3.73. The number of nitrogens with zero attached hydrogens (tertiary/aromatic N) is 2. The number of fused-ring (bicyclic) bond motifs is 1. The van der Waals surface area contributed by atoms with E-state index in [0.29, 0.717) is 5.52 Å². The van der Waals surface area contributed by atoms with E-state index in [-0.39, 0.29) is 0 Å². The monoisotopic (exact) mass is 306 g/mol. The van der Waals surface area contributed by atoms with Gasteiger partial charge < -0.3 is 5.11 Å². The van der Waals surface area contributed by atoms with Gasteiger partial charge in [-0.15, -0.1) is 0 Å². The van der Waals surface area contributed by atoms with Crippen LogP contribution in [0, 0.1) is 11.3 Å². The lowest BCUT2D eigenvalue weighted by Crippen LogP contribution is -2.13. The molecule has 1 N–H and O–H groups in total. The fourth-order valence-electron chi connectivity index (χ4n) is 1.92. The standard InChI is InChI=1S/C13H11BrN2O2/c1-13(2,7-15)10-6-16(12(17)18)11-5-8(14)3-4-9(10)11/h3-6H,1-2H3,(H,17,18). The van der Waals surface area contributed by atoms with Crippen LogP contribution in [0.15, 0.2) is 28.9 Å². The molecule has 18 heavy (non-hydrogen) atoms. The number of benzene rings is 1. The first-order valence-electron chi connectivity index (χ1n) is 5.32. The highest BCUT2D eigenvalue weighted by Crippen LogP contribution is 2.33. The van der Waals surface area contributed by atoms with Crippen molar-refractivity contribution in [3.63, 3.8) is 0 Å². The molecule has 1 heterocycles. The van der Waals surface area contributed by atoms with E-state index in [0.717, 1.165) is 20.0 Å². The van der Waals surface area contributed by atoms with E-state index in [4.69, 9.17) is 0 Å². The van der Waals surface area contributed by atoms with E-state index >= 15 is 0 Å². The average Bonchev–Trinajstić information content (AvgIpc) is 2.68. The number of carbonyl (C=O) groups is 1. The molecule has 5 heteroatoms. The summed E-state index contributed by atoms with van der Waals surface area (Å²) in [5.74, 6) is 0. The third-order valence-electron chi connectivity index (χ3n) is 2.93. The Morgan fingerprint density at radius 1 is 1.50 bits per heavy atom. The van der Waals surface area contributed by atoms with Crippen LogP contribution in [-0.2, 0) is 5.41 Å². The summed E-state index contributed by atoms with van der Waals surface area (Å²) >= 11 is 3.32. The van der Waals surface area contributed by atoms with Crippen LogP contribution in [0.4, 0.5) is 4.79 Å². The number of aromatic nitrogens is 1. The largest absolute Gasteiger partial charge is 0.464 e. The highest BCUT2D eigenvalue weighted by molar-refractivity contribution is 9.10. The summed E-state index contributed by atoms with van der Waals surface area (Å²) in [4.78, 5) is 11.2. The zero-order valence-electron chi connectivity index (χ0n) is 9.94. The SMILES string of the molecule is CC(C)(C#N)c1cn(C(=O)O)c2cc(Br)ccc12. The van der Waals surface area contributed by atoms with Crippen molar-refractivity contribution in [1.29, 1.82) is 5.26 Å². The second kappa shape index (κ2) is 4.14. The molecule has 0 saturated carbocycles. The molecule has 0 bridgehead atoms. The number of carboxylic acid groups (broad SMARTS) is 1.